The number of fused-ring (bicyclic) bond motifs is 18. The van der Waals surface area contributed by atoms with E-state index in [0.717, 1.165) is 182 Å². The predicted molar refractivity (Wildman–Crippen MR) is 343 cm³/mol. The van der Waals surface area contributed by atoms with Gasteiger partial charge in [-0.3, -0.25) is 0 Å². The minimum absolute atomic E-state index is 0.505. The zero-order chi connectivity index (χ0) is 54.9. The molecule has 7 heteroatoms. The Morgan fingerprint density at radius 3 is 1.00 bits per heavy atom. The van der Waals surface area contributed by atoms with Crippen molar-refractivity contribution in [3.05, 3.63) is 253 Å². The average Bonchev–Trinajstić information content (AvgIpc) is 1.75. The third-order valence-corrected chi connectivity index (χ3v) is 18.0. The first-order valence-corrected chi connectivity index (χ1v) is 28.3. The Bertz CT molecular complexity index is 5510. The number of benzene rings is 12. The van der Waals surface area contributed by atoms with Gasteiger partial charge in [-0.2, -0.15) is 5.26 Å². The average molecular weight is 1060 g/mol. The van der Waals surface area contributed by atoms with E-state index < -0.39 is 0 Å². The van der Waals surface area contributed by atoms with Gasteiger partial charge in [0.05, 0.1) is 66.9 Å². The topological polar surface area (TPSA) is 69.8 Å². The van der Waals surface area contributed by atoms with E-state index in [0.29, 0.717) is 5.56 Å². The Labute approximate surface area is 474 Å². The first-order valence-electron chi connectivity index (χ1n) is 28.3. The van der Waals surface area contributed by atoms with Gasteiger partial charge in [0.25, 0.3) is 0 Å². The fourth-order valence-electron chi connectivity index (χ4n) is 14.4. The molecule has 0 unspecified atom stereocenters. The van der Waals surface area contributed by atoms with Crippen molar-refractivity contribution in [1.82, 2.24) is 18.3 Å². The van der Waals surface area contributed by atoms with Gasteiger partial charge in [-0.15, -0.1) is 0 Å². The molecule has 0 bridgehead atoms. The van der Waals surface area contributed by atoms with Crippen LogP contribution in [0.25, 0.3) is 165 Å². The highest BCUT2D eigenvalue weighted by molar-refractivity contribution is 6.22. The van der Waals surface area contributed by atoms with Crippen LogP contribution in [0, 0.1) is 32.1 Å². The van der Waals surface area contributed by atoms with Crippen molar-refractivity contribution in [2.24, 2.45) is 0 Å². The molecule has 0 saturated carbocycles. The lowest BCUT2D eigenvalue weighted by molar-refractivity contribution is 0.669. The molecule has 0 fully saturated rings. The van der Waals surface area contributed by atoms with E-state index in [1.54, 1.807) is 0 Å². The molecule has 388 valence electrons. The first-order chi connectivity index (χ1) is 40.9. The molecule has 0 N–H and O–H groups in total. The van der Waals surface area contributed by atoms with Crippen LogP contribution in [0.15, 0.2) is 239 Å². The second kappa shape index (κ2) is 16.7. The Hall–Kier alpha value is -11.1. The number of para-hydroxylation sites is 8. The summed E-state index contributed by atoms with van der Waals surface area (Å²) in [4.78, 5) is 0. The van der Waals surface area contributed by atoms with Crippen molar-refractivity contribution in [2.75, 3.05) is 0 Å². The molecular formula is C76H47N5O2. The smallest absolute Gasteiger partial charge is 0.137 e. The third-order valence-electron chi connectivity index (χ3n) is 18.0. The maximum Gasteiger partial charge on any atom is 0.137 e. The van der Waals surface area contributed by atoms with Crippen LogP contribution in [0.3, 0.4) is 0 Å². The standard InChI is InChI=1S/C76H47N5O2/c1-43-36-44(2)45(3)54(37-43)72-75(80-64-32-16-8-24-50(64)55-38-57-52-26-10-18-34-68(52)82-70(57)40-66(55)80)73(78-60-28-12-4-20-46(60)47-21-5-13-29-61(47)78)59(42-77)74(79-62-30-14-6-22-48(62)49-23-7-15-31-63(49)79)76(72)81-65-33-17-9-25-51(65)56-39-58-53-27-11-19-35-69(53)83-71(58)41-67(56)81/h4-41H,1-3H3. The number of hydrogen-bond donors (Lipinski definition) is 0. The van der Waals surface area contributed by atoms with Gasteiger partial charge in [-0.1, -0.05) is 163 Å². The molecule has 6 heterocycles. The molecule has 18 aromatic rings. The van der Waals surface area contributed by atoms with Gasteiger partial charge in [0, 0.05) is 82.3 Å². The van der Waals surface area contributed by atoms with Gasteiger partial charge in [0.15, 0.2) is 0 Å². The highest BCUT2D eigenvalue weighted by Gasteiger charge is 2.36. The zero-order valence-corrected chi connectivity index (χ0v) is 45.5. The number of hydrogen-bond acceptors (Lipinski definition) is 3. The molecule has 6 aromatic heterocycles. The maximum atomic E-state index is 13.1. The van der Waals surface area contributed by atoms with Gasteiger partial charge in [0.1, 0.15) is 34.0 Å². The molecule has 12 aromatic carbocycles. The van der Waals surface area contributed by atoms with Crippen LogP contribution in [0.2, 0.25) is 0 Å². The van der Waals surface area contributed by atoms with E-state index in [9.17, 15) is 5.26 Å². The van der Waals surface area contributed by atoms with Crippen molar-refractivity contribution in [2.45, 2.75) is 20.8 Å². The number of aryl methyl sites for hydroxylation is 2. The quantitative estimate of drug-likeness (QED) is 0.172. The zero-order valence-electron chi connectivity index (χ0n) is 45.5. The van der Waals surface area contributed by atoms with Crippen LogP contribution in [-0.4, -0.2) is 18.3 Å². The largest absolute Gasteiger partial charge is 0.456 e. The number of nitriles is 1. The molecule has 0 amide bonds. The summed E-state index contributed by atoms with van der Waals surface area (Å²) in [5.41, 5.74) is 20.2. The van der Waals surface area contributed by atoms with Crippen LogP contribution in [0.1, 0.15) is 22.3 Å². The van der Waals surface area contributed by atoms with Crippen molar-refractivity contribution in [1.29, 1.82) is 5.26 Å². The van der Waals surface area contributed by atoms with Gasteiger partial charge in [-0.25, -0.2) is 0 Å². The molecule has 0 saturated heterocycles. The number of furan rings is 2. The SMILES string of the molecule is Cc1cc(C)c(C)c(-c2c(-n3c4ccccc4c4cc5c(cc43)oc3ccccc35)c(-n3c4ccccc4c4ccccc43)c(C#N)c(-n3c4ccccc4c4ccccc43)c2-n2c3ccccc3c3cc4c(cc32)oc2ccccc24)c1. The second-order valence-corrected chi connectivity index (χ2v) is 22.4. The Morgan fingerprint density at radius 1 is 0.301 bits per heavy atom. The monoisotopic (exact) mass is 1060 g/mol. The summed E-state index contributed by atoms with van der Waals surface area (Å²) in [5.74, 6) is 0. The summed E-state index contributed by atoms with van der Waals surface area (Å²) in [6.07, 6.45) is 0. The van der Waals surface area contributed by atoms with E-state index in [1.165, 1.54) is 0 Å². The Balaban J connectivity index is 1.19. The molecule has 7 nitrogen and oxygen atoms in total. The highest BCUT2D eigenvalue weighted by Crippen LogP contribution is 2.53. The summed E-state index contributed by atoms with van der Waals surface area (Å²) in [6, 6.07) is 85.8. The summed E-state index contributed by atoms with van der Waals surface area (Å²) in [7, 11) is 0. The number of aromatic nitrogens is 4. The highest BCUT2D eigenvalue weighted by atomic mass is 16.3. The van der Waals surface area contributed by atoms with Crippen LogP contribution in [0.5, 0.6) is 0 Å². The van der Waals surface area contributed by atoms with Crippen LogP contribution < -0.4 is 0 Å². The van der Waals surface area contributed by atoms with E-state index in [-0.39, 0.29) is 0 Å². The first kappa shape index (κ1) is 45.8. The summed E-state index contributed by atoms with van der Waals surface area (Å²) < 4.78 is 23.5. The summed E-state index contributed by atoms with van der Waals surface area (Å²) >= 11 is 0. The lowest BCUT2D eigenvalue weighted by Crippen LogP contribution is -2.16. The van der Waals surface area contributed by atoms with Gasteiger partial charge >= 0.3 is 0 Å². The van der Waals surface area contributed by atoms with E-state index in [2.05, 4.69) is 263 Å². The molecule has 18 rings (SSSR count). The predicted octanol–water partition coefficient (Wildman–Crippen LogP) is 20.3. The number of nitrogens with zero attached hydrogens (tertiary/aromatic N) is 5. The van der Waals surface area contributed by atoms with E-state index in [1.807, 2.05) is 12.1 Å². The fourth-order valence-corrected chi connectivity index (χ4v) is 14.4. The van der Waals surface area contributed by atoms with Crippen LogP contribution in [-0.2, 0) is 0 Å². The molecule has 0 aliphatic carbocycles. The third kappa shape index (κ3) is 6.11. The lowest BCUT2D eigenvalue weighted by atomic mass is 9.88. The van der Waals surface area contributed by atoms with Gasteiger partial charge in [0.2, 0.25) is 0 Å². The molecular weight excluding hydrogens is 1010 g/mol. The van der Waals surface area contributed by atoms with Crippen molar-refractivity contribution >= 4 is 131 Å². The summed E-state index contributed by atoms with van der Waals surface area (Å²) in [6.45, 7) is 6.70. The molecule has 0 atom stereocenters. The number of rotatable bonds is 5. The molecule has 0 aliphatic rings. The van der Waals surface area contributed by atoms with Gasteiger partial charge < -0.3 is 27.1 Å². The normalized spacial score (nSPS) is 12.3. The molecule has 83 heavy (non-hydrogen) atoms. The molecule has 0 radical (unpaired) electrons. The van der Waals surface area contributed by atoms with Crippen molar-refractivity contribution < 1.29 is 8.83 Å². The van der Waals surface area contributed by atoms with Crippen LogP contribution in [0.4, 0.5) is 0 Å². The minimum atomic E-state index is 0.505. The van der Waals surface area contributed by atoms with Gasteiger partial charge in [-0.05, 0) is 98.1 Å². The van der Waals surface area contributed by atoms with Crippen molar-refractivity contribution in [3.8, 4) is 39.9 Å². The minimum Gasteiger partial charge on any atom is -0.456 e. The summed E-state index contributed by atoms with van der Waals surface area (Å²) in [5, 5.41) is 26.0. The molecule has 0 spiro atoms. The maximum absolute atomic E-state index is 13.1. The second-order valence-electron chi connectivity index (χ2n) is 22.4. The Kier molecular flexibility index (Phi) is 9.23. The molecule has 0 aliphatic heterocycles. The van der Waals surface area contributed by atoms with E-state index >= 15 is 0 Å². The lowest BCUT2D eigenvalue weighted by Gasteiger charge is -2.30. The fraction of sp³-hybridized carbons (Fsp3) is 0.0395. The van der Waals surface area contributed by atoms with E-state index in [4.69, 9.17) is 8.83 Å². The Morgan fingerprint density at radius 2 is 0.627 bits per heavy atom. The van der Waals surface area contributed by atoms with Crippen LogP contribution >= 0.6 is 0 Å². The van der Waals surface area contributed by atoms with Crippen molar-refractivity contribution in [3.63, 3.8) is 0 Å².